The normalized spacial score (nSPS) is 21.3. The highest BCUT2D eigenvalue weighted by Crippen LogP contribution is 2.43. The Kier molecular flexibility index (Phi) is 10.5. The summed E-state index contributed by atoms with van der Waals surface area (Å²) in [6.45, 7) is 5.80. The van der Waals surface area contributed by atoms with Crippen molar-refractivity contribution in [3.63, 3.8) is 0 Å². The molecule has 2 N–H and O–H groups in total. The number of sulfonamides is 1. The van der Waals surface area contributed by atoms with Crippen molar-refractivity contribution in [2.75, 3.05) is 40.4 Å². The van der Waals surface area contributed by atoms with Crippen molar-refractivity contribution in [3.8, 4) is 11.5 Å². The van der Waals surface area contributed by atoms with Gasteiger partial charge in [-0.2, -0.15) is 4.31 Å². The van der Waals surface area contributed by atoms with Gasteiger partial charge in [0.25, 0.3) is 0 Å². The molecular weight excluding hydrogens is 636 g/mol. The smallest absolute Gasteiger partial charge is 0.429 e. The van der Waals surface area contributed by atoms with E-state index in [9.17, 15) is 27.9 Å². The van der Waals surface area contributed by atoms with Crippen LogP contribution in [0, 0.1) is 6.92 Å². The maximum atomic E-state index is 13.8. The number of aryl methyl sites for hydroxylation is 1. The predicted octanol–water partition coefficient (Wildman–Crippen LogP) is 3.04. The Hall–Kier alpha value is -4.28. The molecule has 258 valence electrons. The molecule has 4 rings (SSSR count). The third-order valence-corrected chi connectivity index (χ3v) is 9.56. The first-order chi connectivity index (χ1) is 22.0. The highest BCUT2D eigenvalue weighted by molar-refractivity contribution is 7.89. The van der Waals surface area contributed by atoms with Gasteiger partial charge in [-0.1, -0.05) is 23.8 Å². The lowest BCUT2D eigenvalue weighted by molar-refractivity contribution is -0.205. The molecule has 47 heavy (non-hydrogen) atoms. The minimum atomic E-state index is -4.24. The van der Waals surface area contributed by atoms with Crippen molar-refractivity contribution in [3.05, 3.63) is 53.6 Å². The molecule has 0 aliphatic carbocycles. The van der Waals surface area contributed by atoms with Crippen LogP contribution < -0.4 is 14.8 Å². The number of amides is 3. The molecule has 2 aromatic rings. The van der Waals surface area contributed by atoms with Crippen LogP contribution in [0.5, 0.6) is 11.5 Å². The molecule has 0 radical (unpaired) electrons. The second-order valence-electron chi connectivity index (χ2n) is 12.0. The van der Waals surface area contributed by atoms with Gasteiger partial charge in [0.1, 0.15) is 5.60 Å². The Morgan fingerprint density at radius 1 is 0.851 bits per heavy atom. The van der Waals surface area contributed by atoms with Gasteiger partial charge >= 0.3 is 18.3 Å². The number of carbonyl (C=O) groups is 3. The average Bonchev–Trinajstić information content (AvgIpc) is 3.31. The van der Waals surface area contributed by atoms with Gasteiger partial charge in [0.2, 0.25) is 10.0 Å². The number of nitrogens with one attached hydrogen (secondary N) is 1. The summed E-state index contributed by atoms with van der Waals surface area (Å²) in [5.74, 6) is 0.917. The molecule has 0 aromatic heterocycles. The van der Waals surface area contributed by atoms with E-state index in [1.165, 1.54) is 26.4 Å². The van der Waals surface area contributed by atoms with Gasteiger partial charge in [-0.05, 0) is 64.4 Å². The molecule has 0 bridgehead atoms. The highest BCUT2D eigenvalue weighted by Gasteiger charge is 2.68. The molecule has 2 fully saturated rings. The Labute approximate surface area is 274 Å². The molecule has 15 nitrogen and oxygen atoms in total. The van der Waals surface area contributed by atoms with Gasteiger partial charge in [0.05, 0.1) is 51.0 Å². The van der Waals surface area contributed by atoms with Crippen LogP contribution in [0.2, 0.25) is 0 Å². The second kappa shape index (κ2) is 13.8. The molecule has 2 aliphatic rings. The van der Waals surface area contributed by atoms with E-state index >= 15 is 0 Å². The molecule has 0 saturated carbocycles. The topological polar surface area (TPSA) is 173 Å². The number of alkyl carbamates (subject to hydrolysis) is 1. The molecule has 2 aromatic carbocycles. The third-order valence-electron chi connectivity index (χ3n) is 7.75. The Bertz CT molecular complexity index is 1580. The molecule has 2 unspecified atom stereocenters. The molecular formula is C31H42N4O11S. The van der Waals surface area contributed by atoms with Crippen molar-refractivity contribution >= 4 is 28.3 Å². The van der Waals surface area contributed by atoms with Crippen molar-refractivity contribution < 1.29 is 51.6 Å². The van der Waals surface area contributed by atoms with Crippen LogP contribution in [-0.2, 0) is 30.8 Å². The molecule has 3 amide bonds. The molecule has 0 spiro atoms. The maximum absolute atomic E-state index is 13.8. The van der Waals surface area contributed by atoms with E-state index in [0.29, 0.717) is 17.1 Å². The van der Waals surface area contributed by atoms with Crippen LogP contribution in [0.3, 0.4) is 0 Å². The minimum Gasteiger partial charge on any atom is -0.493 e. The number of ether oxygens (including phenoxy) is 5. The molecule has 2 atom stereocenters. The number of β-amino-alcohol motifs (C(OH)–C–C–N with tert-alkyl or cyclic N) is 1. The van der Waals surface area contributed by atoms with Crippen LogP contribution in [0.4, 0.5) is 14.4 Å². The third kappa shape index (κ3) is 7.49. The van der Waals surface area contributed by atoms with Crippen LogP contribution in [-0.4, -0.2) is 110 Å². The number of nitrogens with zero attached hydrogens (tertiary/aromatic N) is 3. The Morgan fingerprint density at radius 2 is 1.43 bits per heavy atom. The standard InChI is InChI=1S/C31H42N4O11S/c1-20(2)44-28(37)34-17-30(39)16-33(47(40,41)24-11-8-22(5)9-12-24)18-31(30,19-35(34)29(38)45-21(3)4)46-27(36)32-15-23-10-13-25(42-6)26(14-23)43-7/h8-14,20-21,39H,15-19H2,1-7H3,(H,32,36). The first-order valence-corrected chi connectivity index (χ1v) is 16.4. The van der Waals surface area contributed by atoms with Gasteiger partial charge in [0, 0.05) is 13.1 Å². The van der Waals surface area contributed by atoms with Gasteiger partial charge in [0.15, 0.2) is 17.1 Å². The molecule has 2 heterocycles. The Morgan fingerprint density at radius 3 is 1.98 bits per heavy atom. The maximum Gasteiger partial charge on any atom is 0.429 e. The number of carbonyl (C=O) groups excluding carboxylic acids is 3. The van der Waals surface area contributed by atoms with Gasteiger partial charge in [-0.25, -0.2) is 32.8 Å². The average molecular weight is 679 g/mol. The number of rotatable bonds is 9. The number of fused-ring (bicyclic) bond motifs is 1. The minimum absolute atomic E-state index is 0.0367. The van der Waals surface area contributed by atoms with Crippen LogP contribution >= 0.6 is 0 Å². The lowest BCUT2D eigenvalue weighted by Crippen LogP contribution is -2.75. The van der Waals surface area contributed by atoms with Crippen LogP contribution in [0.25, 0.3) is 0 Å². The zero-order valence-electron chi connectivity index (χ0n) is 27.5. The lowest BCUT2D eigenvalue weighted by Gasteiger charge is -2.51. The summed E-state index contributed by atoms with van der Waals surface area (Å²) in [7, 11) is -1.28. The van der Waals surface area contributed by atoms with Crippen LogP contribution in [0.15, 0.2) is 47.4 Å². The van der Waals surface area contributed by atoms with Gasteiger partial charge in [-0.3, -0.25) is 0 Å². The van der Waals surface area contributed by atoms with E-state index in [1.807, 2.05) is 6.92 Å². The summed E-state index contributed by atoms with van der Waals surface area (Å²) >= 11 is 0. The highest BCUT2D eigenvalue weighted by atomic mass is 32.2. The number of methoxy groups -OCH3 is 2. The van der Waals surface area contributed by atoms with Crippen LogP contribution in [0.1, 0.15) is 38.8 Å². The SMILES string of the molecule is COc1ccc(CNC(=O)OC23CN(C(=O)OC(C)C)N(C(=O)OC(C)C)CC2(O)CN(S(=O)(=O)c2ccc(C)cc2)C3)cc1OC. The van der Waals surface area contributed by atoms with Gasteiger partial charge in [-0.15, -0.1) is 0 Å². The quantitative estimate of drug-likeness (QED) is 0.373. The van der Waals surface area contributed by atoms with E-state index in [-0.39, 0.29) is 11.4 Å². The van der Waals surface area contributed by atoms with Crippen molar-refractivity contribution in [1.82, 2.24) is 19.6 Å². The number of hydrogen-bond donors (Lipinski definition) is 2. The first-order valence-electron chi connectivity index (χ1n) is 15.0. The number of hydrazine groups is 1. The van der Waals surface area contributed by atoms with E-state index < -0.39 is 77.9 Å². The first kappa shape index (κ1) is 35.6. The zero-order valence-corrected chi connectivity index (χ0v) is 28.3. The summed E-state index contributed by atoms with van der Waals surface area (Å²) in [5.41, 5.74) is -2.77. The molecule has 2 saturated heterocycles. The zero-order chi connectivity index (χ0) is 34.7. The fourth-order valence-corrected chi connectivity index (χ4v) is 6.93. The second-order valence-corrected chi connectivity index (χ2v) is 14.0. The summed E-state index contributed by atoms with van der Waals surface area (Å²) in [6, 6.07) is 11.1. The van der Waals surface area contributed by atoms with Crippen molar-refractivity contribution in [2.24, 2.45) is 0 Å². The van der Waals surface area contributed by atoms with Gasteiger partial charge < -0.3 is 34.1 Å². The Balaban J connectivity index is 1.71. The van der Waals surface area contributed by atoms with Crippen molar-refractivity contribution in [1.29, 1.82) is 0 Å². The fourth-order valence-electron chi connectivity index (χ4n) is 5.39. The number of benzene rings is 2. The summed E-state index contributed by atoms with van der Waals surface area (Å²) in [4.78, 5) is 39.9. The fraction of sp³-hybridized carbons (Fsp3) is 0.516. The molecule has 2 aliphatic heterocycles. The number of hydrogen-bond acceptors (Lipinski definition) is 11. The van der Waals surface area contributed by atoms with E-state index in [1.54, 1.807) is 58.0 Å². The summed E-state index contributed by atoms with van der Waals surface area (Å²) in [5, 5.41) is 16.5. The summed E-state index contributed by atoms with van der Waals surface area (Å²) < 4.78 is 55.8. The van der Waals surface area contributed by atoms with E-state index in [2.05, 4.69) is 5.32 Å². The predicted molar refractivity (Wildman–Crippen MR) is 167 cm³/mol. The van der Waals surface area contributed by atoms with E-state index in [0.717, 1.165) is 19.9 Å². The van der Waals surface area contributed by atoms with E-state index in [4.69, 9.17) is 23.7 Å². The summed E-state index contributed by atoms with van der Waals surface area (Å²) in [6.07, 6.45) is -4.18. The van der Waals surface area contributed by atoms with Crippen molar-refractivity contribution in [2.45, 2.75) is 69.5 Å². The lowest BCUT2D eigenvalue weighted by atomic mass is 9.83. The monoisotopic (exact) mass is 678 g/mol. The largest absolute Gasteiger partial charge is 0.493 e. The number of aliphatic hydroxyl groups is 1. The molecule has 16 heteroatoms.